The smallest absolute Gasteiger partial charge is 0.137 e. The predicted octanol–water partition coefficient (Wildman–Crippen LogP) is 17.8. The van der Waals surface area contributed by atoms with Gasteiger partial charge in [-0.2, -0.15) is 0 Å². The van der Waals surface area contributed by atoms with Crippen molar-refractivity contribution in [3.63, 3.8) is 0 Å². The maximum atomic E-state index is 6.77. The van der Waals surface area contributed by atoms with Crippen molar-refractivity contribution < 1.29 is 4.42 Å². The minimum atomic E-state index is 0.852. The Hall–Kier alpha value is -7.98. The van der Waals surface area contributed by atoms with Crippen molar-refractivity contribution in [3.8, 4) is 55.6 Å². The Kier molecular flexibility index (Phi) is 9.06. The Balaban J connectivity index is 1.11. The molecule has 10 aromatic carbocycles. The summed E-state index contributed by atoms with van der Waals surface area (Å²) >= 11 is 1.88. The van der Waals surface area contributed by atoms with Gasteiger partial charge in [0.05, 0.1) is 16.8 Å². The summed E-state index contributed by atoms with van der Waals surface area (Å²) in [6.07, 6.45) is 0. The van der Waals surface area contributed by atoms with E-state index in [0.717, 1.165) is 61.3 Å². The van der Waals surface area contributed by atoms with E-state index in [2.05, 4.69) is 241 Å². The van der Waals surface area contributed by atoms with Gasteiger partial charge < -0.3 is 9.32 Å². The van der Waals surface area contributed by atoms with Crippen LogP contribution in [0.5, 0.6) is 0 Å². The number of fused-ring (bicyclic) bond motifs is 6. The van der Waals surface area contributed by atoms with Crippen LogP contribution in [0.15, 0.2) is 241 Å². The molecule has 0 saturated carbocycles. The minimum Gasteiger partial charge on any atom is -0.456 e. The summed E-state index contributed by atoms with van der Waals surface area (Å²) in [5.41, 5.74) is 16.8. The molecule has 2 aromatic heterocycles. The molecule has 296 valence electrons. The molecule has 0 aliphatic rings. The Morgan fingerprint density at radius 1 is 0.317 bits per heavy atom. The molecule has 2 nitrogen and oxygen atoms in total. The Morgan fingerprint density at radius 3 is 1.48 bits per heavy atom. The van der Waals surface area contributed by atoms with E-state index in [0.29, 0.717) is 0 Å². The summed E-state index contributed by atoms with van der Waals surface area (Å²) in [7, 11) is 0. The first-order chi connectivity index (χ1) is 31.2. The van der Waals surface area contributed by atoms with E-state index in [1.807, 2.05) is 11.3 Å². The molecule has 3 heteroatoms. The van der Waals surface area contributed by atoms with Gasteiger partial charge in [0.2, 0.25) is 0 Å². The van der Waals surface area contributed by atoms with Crippen LogP contribution in [0.4, 0.5) is 17.1 Å². The van der Waals surface area contributed by atoms with Gasteiger partial charge in [-0.1, -0.05) is 188 Å². The lowest BCUT2D eigenvalue weighted by molar-refractivity contribution is 0.669. The van der Waals surface area contributed by atoms with E-state index >= 15 is 0 Å². The first-order valence-electron chi connectivity index (χ1n) is 21.4. The lowest BCUT2D eigenvalue weighted by atomic mass is 9.97. The third kappa shape index (κ3) is 6.58. The van der Waals surface area contributed by atoms with Crippen LogP contribution in [0, 0.1) is 0 Å². The monoisotopic (exact) mass is 821 g/mol. The standard InChI is InChI=1S/C60H39NOS/c1-5-15-40(16-6-1)43-27-29-44(30-28-43)46-23-13-24-49(37-46)61(53-25-14-26-55-58(53)51-33-31-47(38-56(51)62-55)41-17-7-2-8-18-41)54-36-35-50(45-21-11-4-12-22-45)60-59(54)52-34-32-48(39-57(52)63-60)42-19-9-3-10-20-42/h1-39H. The second-order valence-corrected chi connectivity index (χ2v) is 17.1. The third-order valence-corrected chi connectivity index (χ3v) is 13.5. The molecule has 0 aliphatic heterocycles. The van der Waals surface area contributed by atoms with E-state index in [1.54, 1.807) is 0 Å². The summed E-state index contributed by atoms with van der Waals surface area (Å²) in [5, 5.41) is 4.62. The van der Waals surface area contributed by atoms with Crippen molar-refractivity contribution in [2.75, 3.05) is 4.90 Å². The highest BCUT2D eigenvalue weighted by Crippen LogP contribution is 2.51. The van der Waals surface area contributed by atoms with Gasteiger partial charge in [0, 0.05) is 31.2 Å². The summed E-state index contributed by atoms with van der Waals surface area (Å²) in [6, 6.07) is 85.3. The van der Waals surface area contributed by atoms with Crippen LogP contribution >= 0.6 is 11.3 Å². The number of furan rings is 1. The summed E-state index contributed by atoms with van der Waals surface area (Å²) in [6.45, 7) is 0. The first kappa shape index (κ1) is 36.8. The van der Waals surface area contributed by atoms with Crippen LogP contribution in [0.3, 0.4) is 0 Å². The predicted molar refractivity (Wildman–Crippen MR) is 268 cm³/mol. The molecule has 12 aromatic rings. The molecule has 63 heavy (non-hydrogen) atoms. The van der Waals surface area contributed by atoms with Gasteiger partial charge >= 0.3 is 0 Å². The highest BCUT2D eigenvalue weighted by Gasteiger charge is 2.25. The van der Waals surface area contributed by atoms with Crippen LogP contribution in [0.1, 0.15) is 0 Å². The van der Waals surface area contributed by atoms with Crippen molar-refractivity contribution in [3.05, 3.63) is 237 Å². The van der Waals surface area contributed by atoms with E-state index in [4.69, 9.17) is 4.42 Å². The summed E-state index contributed by atoms with van der Waals surface area (Å²) in [4.78, 5) is 2.47. The molecule has 0 N–H and O–H groups in total. The molecular weight excluding hydrogens is 783 g/mol. The number of hydrogen-bond acceptors (Lipinski definition) is 3. The van der Waals surface area contributed by atoms with Crippen molar-refractivity contribution in [1.82, 2.24) is 0 Å². The topological polar surface area (TPSA) is 16.4 Å². The molecule has 0 fully saturated rings. The highest BCUT2D eigenvalue weighted by molar-refractivity contribution is 7.26. The van der Waals surface area contributed by atoms with E-state index < -0.39 is 0 Å². The zero-order valence-corrected chi connectivity index (χ0v) is 35.1. The number of nitrogens with zero attached hydrogens (tertiary/aromatic N) is 1. The zero-order valence-electron chi connectivity index (χ0n) is 34.3. The normalized spacial score (nSPS) is 11.5. The molecule has 0 aliphatic carbocycles. The lowest BCUT2D eigenvalue weighted by Gasteiger charge is -2.28. The number of thiophene rings is 1. The largest absolute Gasteiger partial charge is 0.456 e. The fraction of sp³-hybridized carbons (Fsp3) is 0. The van der Waals surface area contributed by atoms with Gasteiger partial charge in [-0.3, -0.25) is 0 Å². The van der Waals surface area contributed by atoms with E-state index in [9.17, 15) is 0 Å². The molecule has 0 spiro atoms. The van der Waals surface area contributed by atoms with Crippen LogP contribution in [0.25, 0.3) is 97.7 Å². The van der Waals surface area contributed by atoms with Gasteiger partial charge in [-0.05, 0) is 104 Å². The van der Waals surface area contributed by atoms with Crippen molar-refractivity contribution in [2.45, 2.75) is 0 Å². The van der Waals surface area contributed by atoms with Crippen molar-refractivity contribution >= 4 is 70.5 Å². The minimum absolute atomic E-state index is 0.852. The SMILES string of the molecule is c1ccc(-c2ccc(-c3cccc(N(c4cccc5oc6cc(-c7ccccc7)ccc6c45)c4ccc(-c5ccccc5)c5sc6cc(-c7ccccc7)ccc6c45)c3)cc2)cc1. The maximum absolute atomic E-state index is 6.77. The Morgan fingerprint density at radius 2 is 0.810 bits per heavy atom. The second-order valence-electron chi connectivity index (χ2n) is 16.0. The first-order valence-corrected chi connectivity index (χ1v) is 22.2. The third-order valence-electron chi connectivity index (χ3n) is 12.3. The molecule has 2 heterocycles. The number of anilines is 3. The highest BCUT2D eigenvalue weighted by atomic mass is 32.1. The average Bonchev–Trinajstić information content (AvgIpc) is 3.94. The molecule has 0 radical (unpaired) electrons. The number of benzene rings is 10. The van der Waals surface area contributed by atoms with Gasteiger partial charge in [0.1, 0.15) is 11.2 Å². The second kappa shape index (κ2) is 15.5. The van der Waals surface area contributed by atoms with Gasteiger partial charge in [0.15, 0.2) is 0 Å². The van der Waals surface area contributed by atoms with E-state index in [1.165, 1.54) is 53.6 Å². The molecule has 0 amide bonds. The fourth-order valence-electron chi connectivity index (χ4n) is 9.23. The molecule has 0 atom stereocenters. The maximum Gasteiger partial charge on any atom is 0.137 e. The average molecular weight is 822 g/mol. The molecular formula is C60H39NOS. The quantitative estimate of drug-likeness (QED) is 0.152. The van der Waals surface area contributed by atoms with Crippen molar-refractivity contribution in [2.24, 2.45) is 0 Å². The number of hydrogen-bond donors (Lipinski definition) is 0. The van der Waals surface area contributed by atoms with Crippen LogP contribution in [0.2, 0.25) is 0 Å². The fourth-order valence-corrected chi connectivity index (χ4v) is 10.5. The Labute approximate surface area is 370 Å². The zero-order chi connectivity index (χ0) is 41.7. The van der Waals surface area contributed by atoms with Crippen LogP contribution < -0.4 is 4.90 Å². The molecule has 0 bridgehead atoms. The lowest BCUT2D eigenvalue weighted by Crippen LogP contribution is -2.11. The van der Waals surface area contributed by atoms with Gasteiger partial charge in [-0.15, -0.1) is 11.3 Å². The molecule has 12 rings (SSSR count). The Bertz CT molecular complexity index is 3590. The number of rotatable bonds is 8. The summed E-state index contributed by atoms with van der Waals surface area (Å²) < 4.78 is 9.28. The van der Waals surface area contributed by atoms with E-state index in [-0.39, 0.29) is 0 Å². The van der Waals surface area contributed by atoms with Gasteiger partial charge in [0.25, 0.3) is 0 Å². The molecule has 0 unspecified atom stereocenters. The van der Waals surface area contributed by atoms with Gasteiger partial charge in [-0.25, -0.2) is 0 Å². The summed E-state index contributed by atoms with van der Waals surface area (Å²) in [5.74, 6) is 0. The molecule has 0 saturated heterocycles. The van der Waals surface area contributed by atoms with Crippen LogP contribution in [-0.4, -0.2) is 0 Å². The van der Waals surface area contributed by atoms with Crippen molar-refractivity contribution in [1.29, 1.82) is 0 Å². The van der Waals surface area contributed by atoms with Crippen LogP contribution in [-0.2, 0) is 0 Å².